The van der Waals surface area contributed by atoms with Crippen molar-refractivity contribution in [3.63, 3.8) is 0 Å². The van der Waals surface area contributed by atoms with Crippen molar-refractivity contribution in [3.8, 4) is 11.5 Å². The molecule has 0 saturated carbocycles. The van der Waals surface area contributed by atoms with Crippen molar-refractivity contribution in [2.45, 2.75) is 5.51 Å². The Hall–Kier alpha value is -3.92. The number of aromatic hydroxyl groups is 1. The molecule has 4 aromatic carbocycles. The molecule has 1 aliphatic rings. The third kappa shape index (κ3) is 3.30. The van der Waals surface area contributed by atoms with Crippen LogP contribution in [0, 0.1) is 0 Å². The summed E-state index contributed by atoms with van der Waals surface area (Å²) in [5.74, 6) is -1.47. The molecule has 6 nitrogen and oxygen atoms in total. The van der Waals surface area contributed by atoms with Gasteiger partial charge in [-0.15, -0.1) is 0 Å². The maximum absolute atomic E-state index is 13.2. The number of phenols is 1. The van der Waals surface area contributed by atoms with Crippen LogP contribution in [0.3, 0.4) is 0 Å². The van der Waals surface area contributed by atoms with Gasteiger partial charge in [-0.1, -0.05) is 12.1 Å². The largest absolute Gasteiger partial charge is 0.534 e. The molecule has 4 aromatic rings. The van der Waals surface area contributed by atoms with Crippen LogP contribution in [0.1, 0.15) is 31.8 Å². The van der Waals surface area contributed by atoms with Crippen LogP contribution >= 0.6 is 0 Å². The van der Waals surface area contributed by atoms with E-state index in [0.717, 1.165) is 12.1 Å². The fourth-order valence-corrected chi connectivity index (χ4v) is 4.28. The van der Waals surface area contributed by atoms with Crippen molar-refractivity contribution in [1.82, 2.24) is 0 Å². The summed E-state index contributed by atoms with van der Waals surface area (Å²) in [5, 5.41) is 11.5. The Morgan fingerprint density at radius 1 is 0.667 bits per heavy atom. The third-order valence-corrected chi connectivity index (χ3v) is 6.36. The van der Waals surface area contributed by atoms with Crippen LogP contribution in [0.4, 0.5) is 13.2 Å². The molecule has 0 bridgehead atoms. The van der Waals surface area contributed by atoms with Gasteiger partial charge in [0, 0.05) is 22.3 Å². The van der Waals surface area contributed by atoms with E-state index in [4.69, 9.17) is 0 Å². The summed E-state index contributed by atoms with van der Waals surface area (Å²) in [6.07, 6.45) is 0. The van der Waals surface area contributed by atoms with Crippen LogP contribution in [0.5, 0.6) is 11.5 Å². The van der Waals surface area contributed by atoms with E-state index in [0.29, 0.717) is 16.2 Å². The Balaban J connectivity index is 1.64. The topological polar surface area (TPSA) is 97.7 Å². The van der Waals surface area contributed by atoms with E-state index in [-0.39, 0.29) is 33.4 Å². The van der Waals surface area contributed by atoms with Crippen LogP contribution in [0.2, 0.25) is 0 Å². The summed E-state index contributed by atoms with van der Waals surface area (Å²) >= 11 is 0. The lowest BCUT2D eigenvalue weighted by Gasteiger charge is -2.19. The van der Waals surface area contributed by atoms with E-state index in [1.54, 1.807) is 6.07 Å². The number of carbonyl (C=O) groups is 2. The number of halogens is 3. The van der Waals surface area contributed by atoms with Gasteiger partial charge in [0.05, 0.1) is 0 Å². The monoisotopic (exact) mass is 472 g/mol. The van der Waals surface area contributed by atoms with E-state index < -0.39 is 32.9 Å². The molecule has 0 amide bonds. The maximum atomic E-state index is 13.2. The molecule has 0 heterocycles. The summed E-state index contributed by atoms with van der Waals surface area (Å²) in [7, 11) is -5.86. The zero-order chi connectivity index (χ0) is 23.7. The average Bonchev–Trinajstić information content (AvgIpc) is 2.74. The van der Waals surface area contributed by atoms with Gasteiger partial charge < -0.3 is 9.29 Å². The third-order valence-electron chi connectivity index (χ3n) is 5.38. The fraction of sp³-hybridized carbons (Fsp3) is 0.0435. The first kappa shape index (κ1) is 21.0. The minimum absolute atomic E-state index is 0.00832. The van der Waals surface area contributed by atoms with E-state index in [1.165, 1.54) is 42.5 Å². The highest BCUT2D eigenvalue weighted by Crippen LogP contribution is 2.35. The minimum atomic E-state index is -5.86. The van der Waals surface area contributed by atoms with Crippen LogP contribution in [0.25, 0.3) is 21.5 Å². The smallest absolute Gasteiger partial charge is 0.508 e. The van der Waals surface area contributed by atoms with E-state index >= 15 is 0 Å². The molecule has 0 radical (unpaired) electrons. The van der Waals surface area contributed by atoms with Gasteiger partial charge in [-0.05, 0) is 70.1 Å². The van der Waals surface area contributed by atoms with Gasteiger partial charge in [-0.3, -0.25) is 9.59 Å². The molecular weight excluding hydrogens is 461 g/mol. The van der Waals surface area contributed by atoms with Gasteiger partial charge in [0.25, 0.3) is 0 Å². The molecule has 0 spiro atoms. The number of hydrogen-bond donors (Lipinski definition) is 1. The first-order chi connectivity index (χ1) is 15.4. The van der Waals surface area contributed by atoms with Crippen LogP contribution in [-0.2, 0) is 10.1 Å². The Morgan fingerprint density at radius 2 is 1.12 bits per heavy atom. The highest BCUT2D eigenvalue weighted by Gasteiger charge is 2.48. The molecule has 0 saturated heterocycles. The lowest BCUT2D eigenvalue weighted by molar-refractivity contribution is -0.0500. The van der Waals surface area contributed by atoms with E-state index in [1.807, 2.05) is 0 Å². The highest BCUT2D eigenvalue weighted by atomic mass is 32.2. The minimum Gasteiger partial charge on any atom is -0.508 e. The average molecular weight is 472 g/mol. The summed E-state index contributed by atoms with van der Waals surface area (Å²) < 4.78 is 64.6. The normalized spacial score (nSPS) is 13.8. The van der Waals surface area contributed by atoms with Crippen molar-refractivity contribution < 1.29 is 40.5 Å². The second kappa shape index (κ2) is 6.79. The van der Waals surface area contributed by atoms with Gasteiger partial charge in [0.1, 0.15) is 11.5 Å². The highest BCUT2D eigenvalue weighted by molar-refractivity contribution is 7.88. The molecule has 1 N–H and O–H groups in total. The number of benzene rings is 4. The first-order valence-electron chi connectivity index (χ1n) is 9.39. The second-order valence-electron chi connectivity index (χ2n) is 7.48. The van der Waals surface area contributed by atoms with Gasteiger partial charge in [0.15, 0.2) is 11.6 Å². The SMILES string of the molecule is O=C1c2cc3ccc(OS(=O)(=O)C(F)(F)F)cc3cc2C(=O)c2cc3ccc(O)cc3cc21. The summed E-state index contributed by atoms with van der Waals surface area (Å²) in [6.45, 7) is 0. The van der Waals surface area contributed by atoms with Crippen LogP contribution in [-0.4, -0.2) is 30.6 Å². The number of carbonyl (C=O) groups excluding carboxylic acids is 2. The Kier molecular flexibility index (Phi) is 4.31. The molecule has 0 unspecified atom stereocenters. The Bertz CT molecular complexity index is 1640. The molecule has 5 rings (SSSR count). The van der Waals surface area contributed by atoms with Crippen molar-refractivity contribution >= 4 is 43.2 Å². The zero-order valence-corrected chi connectivity index (χ0v) is 17.1. The first-order valence-corrected chi connectivity index (χ1v) is 10.8. The van der Waals surface area contributed by atoms with E-state index in [9.17, 15) is 36.3 Å². The summed E-state index contributed by atoms with van der Waals surface area (Å²) in [5.41, 5.74) is -5.13. The molecule has 1 aliphatic carbocycles. The number of fused-ring (bicyclic) bond motifs is 4. The molecule has 0 aromatic heterocycles. The van der Waals surface area contributed by atoms with E-state index in [2.05, 4.69) is 4.18 Å². The fourth-order valence-electron chi connectivity index (χ4n) is 3.83. The summed E-state index contributed by atoms with van der Waals surface area (Å²) in [4.78, 5) is 26.3. The Labute approximate surface area is 184 Å². The quantitative estimate of drug-likeness (QED) is 0.295. The number of rotatable bonds is 2. The molecule has 0 atom stereocenters. The lowest BCUT2D eigenvalue weighted by atomic mass is 9.81. The number of phenolic OH excluding ortho intramolecular Hbond substituents is 1. The van der Waals surface area contributed by atoms with Crippen molar-refractivity contribution in [3.05, 3.63) is 82.9 Å². The molecule has 0 fully saturated rings. The predicted molar refractivity (Wildman–Crippen MR) is 112 cm³/mol. The molecular formula is C23H11F3O6S. The predicted octanol–water partition coefficient (Wildman–Crippen LogP) is 4.70. The molecule has 0 aliphatic heterocycles. The van der Waals surface area contributed by atoms with Crippen molar-refractivity contribution in [2.24, 2.45) is 0 Å². The number of ketones is 2. The molecule has 10 heteroatoms. The number of hydrogen-bond acceptors (Lipinski definition) is 6. The van der Waals surface area contributed by atoms with Gasteiger partial charge in [0.2, 0.25) is 0 Å². The lowest BCUT2D eigenvalue weighted by Crippen LogP contribution is -2.28. The maximum Gasteiger partial charge on any atom is 0.534 e. The standard InChI is InChI=1S/C23H11F3O6S/c24-23(25,26)33(30,31)32-16-4-2-12-8-18-20(10-14(12)6-16)22(29)17-7-11-1-3-15(27)5-13(11)9-19(17)21(18)28/h1-10,27H. The molecule has 33 heavy (non-hydrogen) atoms. The zero-order valence-electron chi connectivity index (χ0n) is 16.3. The second-order valence-corrected chi connectivity index (χ2v) is 9.02. The van der Waals surface area contributed by atoms with Crippen LogP contribution < -0.4 is 4.18 Å². The van der Waals surface area contributed by atoms with Gasteiger partial charge in [-0.2, -0.15) is 21.6 Å². The Morgan fingerprint density at radius 3 is 1.64 bits per heavy atom. The summed E-state index contributed by atoms with van der Waals surface area (Å²) in [6, 6.07) is 13.7. The van der Waals surface area contributed by atoms with Crippen LogP contribution in [0.15, 0.2) is 60.7 Å². The van der Waals surface area contributed by atoms with Gasteiger partial charge >= 0.3 is 15.6 Å². The van der Waals surface area contributed by atoms with Crippen molar-refractivity contribution in [1.29, 1.82) is 0 Å². The number of alkyl halides is 3. The molecule has 166 valence electrons. The van der Waals surface area contributed by atoms with Crippen molar-refractivity contribution in [2.75, 3.05) is 0 Å². The van der Waals surface area contributed by atoms with Gasteiger partial charge in [-0.25, -0.2) is 0 Å².